The minimum absolute atomic E-state index is 0. The van der Waals surface area contributed by atoms with Crippen LogP contribution in [-0.2, 0) is 26.4 Å². The maximum atomic E-state index is 5.21. The van der Waals surface area contributed by atoms with E-state index in [1.807, 2.05) is 48.0 Å². The van der Waals surface area contributed by atoms with Gasteiger partial charge in [-0.1, -0.05) is 0 Å². The molecule has 0 unspecified atom stereocenters. The molecule has 13 heavy (non-hydrogen) atoms. The van der Waals surface area contributed by atoms with E-state index in [1.54, 1.807) is 0 Å². The molecule has 1 saturated heterocycles. The number of hydrogen-bond donors (Lipinski definition) is 0. The molecule has 1 radical (unpaired) electrons. The Balaban J connectivity index is 0. The third kappa shape index (κ3) is 4.50. The van der Waals surface area contributed by atoms with Crippen LogP contribution in [0.5, 0.6) is 0 Å². The zero-order valence-electron chi connectivity index (χ0n) is 9.27. The SMILES string of the molecule is CC1(C)O[B]OC1(C)C.C[CH-]C.[Cu+]. The predicted octanol–water partition coefficient (Wildman–Crippen LogP) is 2.35. The minimum atomic E-state index is -0.188. The first-order valence-electron chi connectivity index (χ1n) is 4.28. The first-order valence-corrected chi connectivity index (χ1v) is 4.28. The Hall–Kier alpha value is 0.504. The van der Waals surface area contributed by atoms with Gasteiger partial charge < -0.3 is 15.7 Å². The van der Waals surface area contributed by atoms with Crippen molar-refractivity contribution in [2.24, 2.45) is 0 Å². The number of rotatable bonds is 0. The maximum absolute atomic E-state index is 5.21. The quantitative estimate of drug-likeness (QED) is 0.472. The number of hydrogen-bond acceptors (Lipinski definition) is 2. The first kappa shape index (κ1) is 16.0. The summed E-state index contributed by atoms with van der Waals surface area (Å²) >= 11 is 0. The van der Waals surface area contributed by atoms with Crippen molar-refractivity contribution >= 4 is 7.69 Å². The topological polar surface area (TPSA) is 18.5 Å². The van der Waals surface area contributed by atoms with Crippen LogP contribution in [0.2, 0.25) is 0 Å². The maximum Gasteiger partial charge on any atom is 1.00 e. The van der Waals surface area contributed by atoms with Gasteiger partial charge in [0.15, 0.2) is 0 Å². The van der Waals surface area contributed by atoms with E-state index in [0.29, 0.717) is 0 Å². The summed E-state index contributed by atoms with van der Waals surface area (Å²) in [7, 11) is 1.42. The Morgan fingerprint density at radius 3 is 1.23 bits per heavy atom. The molecule has 4 heteroatoms. The Bertz CT molecular complexity index is 124. The van der Waals surface area contributed by atoms with Crippen molar-refractivity contribution in [3.8, 4) is 0 Å². The predicted molar refractivity (Wildman–Crippen MR) is 51.7 cm³/mol. The fourth-order valence-corrected chi connectivity index (χ4v) is 0.548. The van der Waals surface area contributed by atoms with Crippen LogP contribution in [-0.4, -0.2) is 18.9 Å². The Labute approximate surface area is 93.5 Å². The molecular formula is C9H19BCuO2. The zero-order chi connectivity index (χ0) is 9.83. The van der Waals surface area contributed by atoms with E-state index in [1.165, 1.54) is 7.69 Å². The van der Waals surface area contributed by atoms with Crippen LogP contribution in [0, 0.1) is 6.42 Å². The van der Waals surface area contributed by atoms with Gasteiger partial charge in [0.2, 0.25) is 0 Å². The van der Waals surface area contributed by atoms with Crippen LogP contribution in [0.4, 0.5) is 0 Å². The van der Waals surface area contributed by atoms with Gasteiger partial charge >= 0.3 is 24.8 Å². The molecule has 0 spiro atoms. The molecule has 81 valence electrons. The average molecular weight is 234 g/mol. The van der Waals surface area contributed by atoms with Crippen molar-refractivity contribution in [1.29, 1.82) is 0 Å². The first-order chi connectivity index (χ1) is 5.37. The molecule has 0 atom stereocenters. The van der Waals surface area contributed by atoms with Crippen molar-refractivity contribution < 1.29 is 26.4 Å². The van der Waals surface area contributed by atoms with Gasteiger partial charge in [0, 0.05) is 0 Å². The molecule has 0 saturated carbocycles. The summed E-state index contributed by atoms with van der Waals surface area (Å²) in [4.78, 5) is 0. The van der Waals surface area contributed by atoms with Gasteiger partial charge in [-0.15, -0.1) is 0 Å². The van der Waals surface area contributed by atoms with Gasteiger partial charge in [0.25, 0.3) is 0 Å². The van der Waals surface area contributed by atoms with E-state index in [2.05, 4.69) is 0 Å². The standard InChI is InChI=1S/C6H12BO2.C3H7.Cu/c1-5(2)6(3,4)9-7-8-5;1-3-2;/h1-4H3;3H,1-2H3;/q;-1;+1. The van der Waals surface area contributed by atoms with Gasteiger partial charge in [0.1, 0.15) is 0 Å². The third-order valence-electron chi connectivity index (χ3n) is 2.14. The molecule has 1 heterocycles. The fraction of sp³-hybridized carbons (Fsp3) is 0.889. The zero-order valence-corrected chi connectivity index (χ0v) is 10.2. The molecule has 0 aromatic carbocycles. The van der Waals surface area contributed by atoms with E-state index in [0.717, 1.165) is 0 Å². The van der Waals surface area contributed by atoms with Crippen LogP contribution >= 0.6 is 0 Å². The van der Waals surface area contributed by atoms with E-state index >= 15 is 0 Å². The van der Waals surface area contributed by atoms with Crippen LogP contribution in [0.25, 0.3) is 0 Å². The summed E-state index contributed by atoms with van der Waals surface area (Å²) in [5, 5.41) is 0. The normalized spacial score (nSPS) is 22.0. The average Bonchev–Trinajstić information content (AvgIpc) is 2.08. The Kier molecular flexibility index (Phi) is 7.46. The minimum Gasteiger partial charge on any atom is -0.405 e. The summed E-state index contributed by atoms with van der Waals surface area (Å²) < 4.78 is 10.4. The molecule has 1 aliphatic rings. The summed E-state index contributed by atoms with van der Waals surface area (Å²) in [5.74, 6) is 0. The molecule has 1 fully saturated rings. The molecule has 0 aromatic rings. The molecule has 1 rings (SSSR count). The Morgan fingerprint density at radius 2 is 1.15 bits per heavy atom. The summed E-state index contributed by atoms with van der Waals surface area (Å²) in [6.45, 7) is 12.0. The molecule has 1 aliphatic heterocycles. The molecule has 0 N–H and O–H groups in total. The molecule has 2 nitrogen and oxygen atoms in total. The van der Waals surface area contributed by atoms with Gasteiger partial charge in [-0.05, 0) is 27.7 Å². The summed E-state index contributed by atoms with van der Waals surface area (Å²) in [6, 6.07) is 0. The van der Waals surface area contributed by atoms with E-state index < -0.39 is 0 Å². The van der Waals surface area contributed by atoms with E-state index in [9.17, 15) is 0 Å². The molecule has 0 aromatic heterocycles. The van der Waals surface area contributed by atoms with Crippen LogP contribution in [0.3, 0.4) is 0 Å². The van der Waals surface area contributed by atoms with Gasteiger partial charge in [-0.2, -0.15) is 13.8 Å². The largest absolute Gasteiger partial charge is 1.00 e. The monoisotopic (exact) mass is 233 g/mol. The second-order valence-electron chi connectivity index (χ2n) is 3.93. The van der Waals surface area contributed by atoms with Crippen molar-refractivity contribution in [2.45, 2.75) is 52.7 Å². The molecule has 0 aliphatic carbocycles. The van der Waals surface area contributed by atoms with Crippen molar-refractivity contribution in [3.05, 3.63) is 6.42 Å². The van der Waals surface area contributed by atoms with Gasteiger partial charge in [-0.3, -0.25) is 0 Å². The van der Waals surface area contributed by atoms with Crippen LogP contribution in [0.1, 0.15) is 41.5 Å². The van der Waals surface area contributed by atoms with E-state index in [-0.39, 0.29) is 28.3 Å². The Morgan fingerprint density at radius 1 is 0.923 bits per heavy atom. The molecule has 0 amide bonds. The van der Waals surface area contributed by atoms with Gasteiger partial charge in [-0.25, -0.2) is 0 Å². The molecular weight excluding hydrogens is 214 g/mol. The third-order valence-corrected chi connectivity index (χ3v) is 2.14. The second-order valence-corrected chi connectivity index (χ2v) is 3.93. The summed E-state index contributed by atoms with van der Waals surface area (Å²) in [5.41, 5.74) is -0.375. The summed E-state index contributed by atoms with van der Waals surface area (Å²) in [6.07, 6.45) is 2.00. The van der Waals surface area contributed by atoms with Crippen molar-refractivity contribution in [3.63, 3.8) is 0 Å². The smallest absolute Gasteiger partial charge is 0.405 e. The van der Waals surface area contributed by atoms with Crippen molar-refractivity contribution in [1.82, 2.24) is 0 Å². The van der Waals surface area contributed by atoms with Crippen molar-refractivity contribution in [2.75, 3.05) is 0 Å². The van der Waals surface area contributed by atoms with Gasteiger partial charge in [0.05, 0.1) is 11.2 Å². The van der Waals surface area contributed by atoms with Crippen LogP contribution < -0.4 is 0 Å². The van der Waals surface area contributed by atoms with E-state index in [4.69, 9.17) is 9.31 Å². The second kappa shape index (κ2) is 6.08. The van der Waals surface area contributed by atoms with Crippen LogP contribution in [0.15, 0.2) is 0 Å². The fourth-order valence-electron chi connectivity index (χ4n) is 0.548. The molecule has 0 bridgehead atoms.